The van der Waals surface area contributed by atoms with Crippen LogP contribution in [0.15, 0.2) is 60.9 Å². The number of carboxylic acids is 1. The van der Waals surface area contributed by atoms with E-state index in [4.69, 9.17) is 9.84 Å². The van der Waals surface area contributed by atoms with Crippen molar-refractivity contribution in [1.82, 2.24) is 14.7 Å². The number of amides is 1. The Hall–Kier alpha value is -3.61. The molecule has 0 spiro atoms. The van der Waals surface area contributed by atoms with Crippen molar-refractivity contribution in [2.24, 2.45) is 5.92 Å². The molecular formula is C23H21N3O4. The number of hydrogen-bond donors (Lipinski definition) is 1. The van der Waals surface area contributed by atoms with Crippen LogP contribution in [0.1, 0.15) is 27.4 Å². The lowest BCUT2D eigenvalue weighted by Crippen LogP contribution is -2.51. The van der Waals surface area contributed by atoms with Gasteiger partial charge < -0.3 is 14.7 Å². The molecule has 1 aliphatic heterocycles. The third kappa shape index (κ3) is 3.22. The summed E-state index contributed by atoms with van der Waals surface area (Å²) in [5.41, 5.74) is 4.97. The molecule has 0 atom stereocenters. The fourth-order valence-electron chi connectivity index (χ4n) is 4.36. The van der Waals surface area contributed by atoms with Gasteiger partial charge >= 0.3 is 12.1 Å². The van der Waals surface area contributed by atoms with Gasteiger partial charge in [0.1, 0.15) is 6.61 Å². The van der Waals surface area contributed by atoms with Crippen molar-refractivity contribution in [3.8, 4) is 11.1 Å². The second-order valence-corrected chi connectivity index (χ2v) is 7.83. The standard InChI is InChI=1S/C23H21N3O4/c27-22(28)16-9-24-26(13-16)12-15-10-25(11-15)23(29)30-14-21-19-7-3-1-5-17(19)18-6-2-4-8-20(18)21/h1-9,13,15,21H,10-12,14H2,(H,27,28). The van der Waals surface area contributed by atoms with Crippen LogP contribution in [-0.4, -0.2) is 51.5 Å². The van der Waals surface area contributed by atoms with Gasteiger partial charge in [0, 0.05) is 37.7 Å². The lowest BCUT2D eigenvalue weighted by Gasteiger charge is -2.38. The van der Waals surface area contributed by atoms with Crippen LogP contribution < -0.4 is 0 Å². The maximum absolute atomic E-state index is 12.5. The highest BCUT2D eigenvalue weighted by atomic mass is 16.6. The molecule has 2 heterocycles. The smallest absolute Gasteiger partial charge is 0.409 e. The minimum atomic E-state index is -0.991. The Kier molecular flexibility index (Phi) is 4.50. The number of ether oxygens (including phenoxy) is 1. The molecule has 1 aromatic heterocycles. The van der Waals surface area contributed by atoms with Crippen LogP contribution >= 0.6 is 0 Å². The number of benzene rings is 2. The summed E-state index contributed by atoms with van der Waals surface area (Å²) in [6.07, 6.45) is 2.54. The fraction of sp³-hybridized carbons (Fsp3) is 0.261. The predicted molar refractivity (Wildman–Crippen MR) is 109 cm³/mol. The first kappa shape index (κ1) is 18.4. The molecule has 1 N–H and O–H groups in total. The molecule has 7 nitrogen and oxygen atoms in total. The second kappa shape index (κ2) is 7.33. The van der Waals surface area contributed by atoms with E-state index in [2.05, 4.69) is 29.4 Å². The number of hydrogen-bond acceptors (Lipinski definition) is 4. The monoisotopic (exact) mass is 403 g/mol. The van der Waals surface area contributed by atoms with E-state index in [1.54, 1.807) is 9.58 Å². The third-order valence-corrected chi connectivity index (χ3v) is 5.88. The number of aromatic nitrogens is 2. The third-order valence-electron chi connectivity index (χ3n) is 5.88. The summed E-state index contributed by atoms with van der Waals surface area (Å²) in [5.74, 6) is -0.695. The lowest BCUT2D eigenvalue weighted by molar-refractivity contribution is 0.0463. The molecular weight excluding hydrogens is 382 g/mol. The van der Waals surface area contributed by atoms with Gasteiger partial charge in [-0.1, -0.05) is 48.5 Å². The van der Waals surface area contributed by atoms with Gasteiger partial charge in [0.05, 0.1) is 11.8 Å². The van der Waals surface area contributed by atoms with Crippen molar-refractivity contribution >= 4 is 12.1 Å². The van der Waals surface area contributed by atoms with E-state index in [1.807, 2.05) is 24.3 Å². The van der Waals surface area contributed by atoms with Crippen LogP contribution in [0.25, 0.3) is 11.1 Å². The quantitative estimate of drug-likeness (QED) is 0.705. The molecule has 2 aliphatic rings. The Bertz CT molecular complexity index is 1070. The van der Waals surface area contributed by atoms with Crippen molar-refractivity contribution in [3.05, 3.63) is 77.6 Å². The molecule has 1 aliphatic carbocycles. The van der Waals surface area contributed by atoms with Gasteiger partial charge in [0.15, 0.2) is 0 Å². The Morgan fingerprint density at radius 3 is 2.27 bits per heavy atom. The molecule has 152 valence electrons. The van der Waals surface area contributed by atoms with Crippen LogP contribution in [0.3, 0.4) is 0 Å². The SMILES string of the molecule is O=C(O)c1cnn(CC2CN(C(=O)OCC3c4ccccc4-c4ccccc43)C2)c1. The number of fused-ring (bicyclic) bond motifs is 3. The van der Waals surface area contributed by atoms with Gasteiger partial charge in [-0.15, -0.1) is 0 Å². The van der Waals surface area contributed by atoms with Gasteiger partial charge in [0.25, 0.3) is 0 Å². The van der Waals surface area contributed by atoms with E-state index in [1.165, 1.54) is 34.6 Å². The van der Waals surface area contributed by atoms with Crippen LogP contribution in [0.5, 0.6) is 0 Å². The van der Waals surface area contributed by atoms with E-state index in [-0.39, 0.29) is 23.5 Å². The van der Waals surface area contributed by atoms with E-state index >= 15 is 0 Å². The van der Waals surface area contributed by atoms with E-state index in [9.17, 15) is 9.59 Å². The van der Waals surface area contributed by atoms with Crippen molar-refractivity contribution in [1.29, 1.82) is 0 Å². The normalized spacial score (nSPS) is 15.4. The largest absolute Gasteiger partial charge is 0.478 e. The molecule has 0 radical (unpaired) electrons. The predicted octanol–water partition coefficient (Wildman–Crippen LogP) is 3.46. The average Bonchev–Trinajstić information content (AvgIpc) is 3.32. The number of nitrogens with zero attached hydrogens (tertiary/aromatic N) is 3. The number of aromatic carboxylic acids is 1. The molecule has 0 saturated carbocycles. The minimum absolute atomic E-state index is 0.0527. The fourth-order valence-corrected chi connectivity index (χ4v) is 4.36. The lowest BCUT2D eigenvalue weighted by atomic mass is 9.98. The van der Waals surface area contributed by atoms with Crippen LogP contribution in [0.4, 0.5) is 4.79 Å². The molecule has 2 aromatic carbocycles. The van der Waals surface area contributed by atoms with Crippen molar-refractivity contribution < 1.29 is 19.4 Å². The zero-order chi connectivity index (χ0) is 20.7. The maximum atomic E-state index is 12.5. The Labute approximate surface area is 173 Å². The zero-order valence-corrected chi connectivity index (χ0v) is 16.3. The molecule has 1 saturated heterocycles. The van der Waals surface area contributed by atoms with Crippen LogP contribution in [0, 0.1) is 5.92 Å². The molecule has 0 bridgehead atoms. The zero-order valence-electron chi connectivity index (χ0n) is 16.3. The Balaban J connectivity index is 1.17. The van der Waals surface area contributed by atoms with Crippen LogP contribution in [0.2, 0.25) is 0 Å². The maximum Gasteiger partial charge on any atom is 0.409 e. The van der Waals surface area contributed by atoms with Gasteiger partial charge in [-0.05, 0) is 22.3 Å². The van der Waals surface area contributed by atoms with Gasteiger partial charge in [0.2, 0.25) is 0 Å². The number of carboxylic acid groups (broad SMARTS) is 1. The molecule has 1 fully saturated rings. The highest BCUT2D eigenvalue weighted by molar-refractivity contribution is 5.86. The summed E-state index contributed by atoms with van der Waals surface area (Å²) in [6.45, 7) is 2.06. The van der Waals surface area contributed by atoms with Gasteiger partial charge in [-0.25, -0.2) is 9.59 Å². The topological polar surface area (TPSA) is 84.7 Å². The van der Waals surface area contributed by atoms with E-state index < -0.39 is 5.97 Å². The van der Waals surface area contributed by atoms with Gasteiger partial charge in [-0.2, -0.15) is 5.10 Å². The number of carbonyl (C=O) groups is 2. The first-order chi connectivity index (χ1) is 14.6. The molecule has 7 heteroatoms. The van der Waals surface area contributed by atoms with Crippen molar-refractivity contribution in [2.75, 3.05) is 19.7 Å². The summed E-state index contributed by atoms with van der Waals surface area (Å²) in [7, 11) is 0. The first-order valence-corrected chi connectivity index (χ1v) is 9.96. The van der Waals surface area contributed by atoms with Crippen molar-refractivity contribution in [3.63, 3.8) is 0 Å². The summed E-state index contributed by atoms with van der Waals surface area (Å²) >= 11 is 0. The Morgan fingerprint density at radius 2 is 1.67 bits per heavy atom. The van der Waals surface area contributed by atoms with Crippen LogP contribution in [-0.2, 0) is 11.3 Å². The molecule has 30 heavy (non-hydrogen) atoms. The summed E-state index contributed by atoms with van der Waals surface area (Å²) in [6, 6.07) is 16.5. The van der Waals surface area contributed by atoms with E-state index in [0.29, 0.717) is 26.2 Å². The molecule has 1 amide bonds. The first-order valence-electron chi connectivity index (χ1n) is 9.96. The molecule has 0 unspecified atom stereocenters. The summed E-state index contributed by atoms with van der Waals surface area (Å²) in [5, 5.41) is 13.0. The van der Waals surface area contributed by atoms with E-state index in [0.717, 1.165) is 0 Å². The Morgan fingerprint density at radius 1 is 1.03 bits per heavy atom. The number of rotatable bonds is 5. The second-order valence-electron chi connectivity index (χ2n) is 7.83. The highest BCUT2D eigenvalue weighted by Crippen LogP contribution is 2.44. The van der Waals surface area contributed by atoms with Crippen molar-refractivity contribution in [2.45, 2.75) is 12.5 Å². The molecule has 5 rings (SSSR count). The number of likely N-dealkylation sites (tertiary alicyclic amines) is 1. The molecule has 3 aromatic rings. The summed E-state index contributed by atoms with van der Waals surface area (Å²) in [4.78, 5) is 25.1. The minimum Gasteiger partial charge on any atom is -0.478 e. The van der Waals surface area contributed by atoms with Gasteiger partial charge in [-0.3, -0.25) is 4.68 Å². The average molecular weight is 403 g/mol. The highest BCUT2D eigenvalue weighted by Gasteiger charge is 2.34. The number of carbonyl (C=O) groups excluding carboxylic acids is 1. The summed E-state index contributed by atoms with van der Waals surface area (Å²) < 4.78 is 7.28.